The van der Waals surface area contributed by atoms with Gasteiger partial charge >= 0.3 is 0 Å². The van der Waals surface area contributed by atoms with E-state index < -0.39 is 6.10 Å². The first-order valence-electron chi connectivity index (χ1n) is 3.93. The number of rotatable bonds is 5. The highest BCUT2D eigenvalue weighted by Crippen LogP contribution is 2.18. The smallest absolute Gasteiger partial charge is 0.131 e. The molecule has 1 atom stereocenters. The Labute approximate surface area is 80.6 Å². The van der Waals surface area contributed by atoms with E-state index in [-0.39, 0.29) is 6.61 Å². The van der Waals surface area contributed by atoms with E-state index in [9.17, 15) is 4.53 Å². The minimum absolute atomic E-state index is 0.295. The van der Waals surface area contributed by atoms with Crippen LogP contribution in [0.2, 0.25) is 0 Å². The number of thioether (sulfide) groups is 1. The van der Waals surface area contributed by atoms with Crippen molar-refractivity contribution < 1.29 is 14.6 Å². The van der Waals surface area contributed by atoms with E-state index >= 15 is 0 Å². The molecule has 72 valence electrons. The molecule has 0 heterocycles. The topological polar surface area (TPSA) is 29.5 Å². The molecule has 0 saturated carbocycles. The van der Waals surface area contributed by atoms with Crippen LogP contribution in [0.3, 0.4) is 0 Å². The highest BCUT2D eigenvalue weighted by atomic mass is 32.2. The molecule has 0 radical (unpaired) electrons. The van der Waals surface area contributed by atoms with Crippen LogP contribution >= 0.6 is 11.8 Å². The summed E-state index contributed by atoms with van der Waals surface area (Å²) in [4.78, 5) is 4.59. The summed E-state index contributed by atoms with van der Waals surface area (Å²) < 4.78 is 11.7. The fourth-order valence-corrected chi connectivity index (χ4v) is 1.70. The zero-order valence-corrected chi connectivity index (χ0v) is 7.84. The molecule has 0 saturated heterocycles. The molecule has 0 aromatic heterocycles. The van der Waals surface area contributed by atoms with Crippen LogP contribution in [0.1, 0.15) is 0 Å². The first-order valence-corrected chi connectivity index (χ1v) is 4.91. The molecular formula is C9H11FO2S. The maximum atomic E-state index is 11.7. The first kappa shape index (κ1) is 10.5. The quantitative estimate of drug-likeness (QED) is 0.741. The molecule has 0 amide bonds. The number of aliphatic hydroxyl groups excluding tert-OH is 1. The molecule has 0 aliphatic rings. The first-order chi connectivity index (χ1) is 6.36. The minimum Gasteiger partial charge on any atom is -0.394 e. The Morgan fingerprint density at radius 3 is 2.62 bits per heavy atom. The number of hydrogen-bond donors (Lipinski definition) is 1. The number of benzene rings is 1. The van der Waals surface area contributed by atoms with E-state index in [0.717, 1.165) is 4.90 Å². The molecule has 0 aliphatic heterocycles. The zero-order chi connectivity index (χ0) is 9.52. The minimum atomic E-state index is -0.731. The van der Waals surface area contributed by atoms with Gasteiger partial charge in [-0.3, -0.25) is 0 Å². The van der Waals surface area contributed by atoms with E-state index in [0.29, 0.717) is 5.75 Å². The Balaban J connectivity index is 2.34. The van der Waals surface area contributed by atoms with Gasteiger partial charge in [0.05, 0.1) is 6.61 Å². The molecule has 1 aromatic carbocycles. The highest BCUT2D eigenvalue weighted by Gasteiger charge is 2.08. The Kier molecular flexibility index (Phi) is 4.82. The van der Waals surface area contributed by atoms with Gasteiger partial charge in [-0.1, -0.05) is 18.2 Å². The monoisotopic (exact) mass is 202 g/mol. The van der Waals surface area contributed by atoms with Crippen LogP contribution in [-0.2, 0) is 4.94 Å². The van der Waals surface area contributed by atoms with Gasteiger partial charge in [0.25, 0.3) is 0 Å². The lowest BCUT2D eigenvalue weighted by molar-refractivity contribution is -0.181. The fourth-order valence-electron chi connectivity index (χ4n) is 0.812. The molecule has 2 nitrogen and oxygen atoms in total. The van der Waals surface area contributed by atoms with Crippen LogP contribution in [-0.4, -0.2) is 23.6 Å². The number of hydrogen-bond acceptors (Lipinski definition) is 3. The lowest BCUT2D eigenvalue weighted by Crippen LogP contribution is -2.16. The highest BCUT2D eigenvalue weighted by molar-refractivity contribution is 7.99. The predicted octanol–water partition coefficient (Wildman–Crippen LogP) is 2.04. The summed E-state index contributed by atoms with van der Waals surface area (Å²) in [6.07, 6.45) is -0.731. The van der Waals surface area contributed by atoms with E-state index in [1.54, 1.807) is 0 Å². The third-order valence-corrected chi connectivity index (χ3v) is 2.65. The zero-order valence-electron chi connectivity index (χ0n) is 7.02. The molecule has 1 rings (SSSR count). The predicted molar refractivity (Wildman–Crippen MR) is 50.2 cm³/mol. The van der Waals surface area contributed by atoms with Crippen molar-refractivity contribution in [3.8, 4) is 0 Å². The van der Waals surface area contributed by atoms with Gasteiger partial charge in [0.2, 0.25) is 0 Å². The summed E-state index contributed by atoms with van der Waals surface area (Å²) in [5, 5.41) is 8.63. The normalized spacial score (nSPS) is 12.8. The lowest BCUT2D eigenvalue weighted by atomic mass is 10.4. The fraction of sp³-hybridized carbons (Fsp3) is 0.333. The van der Waals surface area contributed by atoms with Crippen LogP contribution in [0.5, 0.6) is 0 Å². The second-order valence-corrected chi connectivity index (χ2v) is 3.61. The largest absolute Gasteiger partial charge is 0.394 e. The Hall–Kier alpha value is -0.580. The summed E-state index contributed by atoms with van der Waals surface area (Å²) in [6.45, 7) is -0.295. The second-order valence-electron chi connectivity index (χ2n) is 2.52. The summed E-state index contributed by atoms with van der Waals surface area (Å²) in [5.74, 6) is 0.414. The summed E-state index contributed by atoms with van der Waals surface area (Å²) >= 11 is 1.45. The van der Waals surface area contributed by atoms with Crippen molar-refractivity contribution in [1.82, 2.24) is 0 Å². The molecule has 13 heavy (non-hydrogen) atoms. The van der Waals surface area contributed by atoms with Gasteiger partial charge in [0.15, 0.2) is 0 Å². The van der Waals surface area contributed by atoms with Crippen molar-refractivity contribution in [3.05, 3.63) is 30.3 Å². The van der Waals surface area contributed by atoms with Gasteiger partial charge in [-0.05, 0) is 16.7 Å². The van der Waals surface area contributed by atoms with E-state index in [2.05, 4.69) is 4.94 Å². The van der Waals surface area contributed by atoms with E-state index in [4.69, 9.17) is 5.11 Å². The molecule has 1 N–H and O–H groups in total. The van der Waals surface area contributed by atoms with E-state index in [1.807, 2.05) is 30.3 Å². The molecule has 4 heteroatoms. The molecular weight excluding hydrogens is 191 g/mol. The van der Waals surface area contributed by atoms with Crippen molar-refractivity contribution in [2.45, 2.75) is 11.0 Å². The van der Waals surface area contributed by atoms with E-state index in [1.165, 1.54) is 11.8 Å². The Bertz CT molecular complexity index is 226. The number of halogens is 1. The van der Waals surface area contributed by atoms with Gasteiger partial charge < -0.3 is 5.11 Å². The summed E-state index contributed by atoms with van der Waals surface area (Å²) in [6, 6.07) is 9.59. The molecule has 0 aliphatic carbocycles. The van der Waals surface area contributed by atoms with Crippen molar-refractivity contribution in [2.75, 3.05) is 12.4 Å². The maximum Gasteiger partial charge on any atom is 0.131 e. The third-order valence-electron chi connectivity index (χ3n) is 1.51. The van der Waals surface area contributed by atoms with Gasteiger partial charge in [0, 0.05) is 10.6 Å². The van der Waals surface area contributed by atoms with Gasteiger partial charge in [-0.15, -0.1) is 11.8 Å². The van der Waals surface area contributed by atoms with Crippen LogP contribution in [0.25, 0.3) is 0 Å². The standard InChI is InChI=1S/C9H11FO2S/c10-12-8(6-11)7-13-9-4-2-1-3-5-9/h1-5,8,11H,6-7H2. The van der Waals surface area contributed by atoms with Crippen molar-refractivity contribution in [1.29, 1.82) is 0 Å². The van der Waals surface area contributed by atoms with Crippen molar-refractivity contribution in [2.24, 2.45) is 0 Å². The number of aliphatic hydroxyl groups is 1. The van der Waals surface area contributed by atoms with Gasteiger partial charge in [0.1, 0.15) is 6.10 Å². The Morgan fingerprint density at radius 1 is 1.38 bits per heavy atom. The SMILES string of the molecule is OCC(CSc1ccccc1)OF. The molecule has 0 fully saturated rings. The lowest BCUT2D eigenvalue weighted by Gasteiger charge is -2.07. The molecule has 1 aromatic rings. The maximum absolute atomic E-state index is 11.7. The third kappa shape index (κ3) is 3.76. The summed E-state index contributed by atoms with van der Waals surface area (Å²) in [5.41, 5.74) is 0. The molecule has 0 bridgehead atoms. The van der Waals surface area contributed by atoms with Crippen LogP contribution in [0.4, 0.5) is 4.53 Å². The van der Waals surface area contributed by atoms with Crippen molar-refractivity contribution in [3.63, 3.8) is 0 Å². The van der Waals surface area contributed by atoms with Crippen LogP contribution in [0, 0.1) is 0 Å². The van der Waals surface area contributed by atoms with Crippen LogP contribution in [0.15, 0.2) is 35.2 Å². The molecule has 1 unspecified atom stereocenters. The average Bonchev–Trinajstić information content (AvgIpc) is 2.21. The van der Waals surface area contributed by atoms with Crippen LogP contribution < -0.4 is 0 Å². The van der Waals surface area contributed by atoms with Gasteiger partial charge in [-0.25, -0.2) is 0 Å². The average molecular weight is 202 g/mol. The van der Waals surface area contributed by atoms with Crippen molar-refractivity contribution >= 4 is 11.8 Å². The van der Waals surface area contributed by atoms with Gasteiger partial charge in [-0.2, -0.15) is 4.94 Å². The summed E-state index contributed by atoms with van der Waals surface area (Å²) in [7, 11) is 0. The Morgan fingerprint density at radius 2 is 2.08 bits per heavy atom. The second kappa shape index (κ2) is 5.96. The molecule has 0 spiro atoms.